The SMILES string of the molecule is CC(C)(C)OC(=O)N1CCC[C@@H]1Cn1c(Cl)c(I)c2c(N)ncnc21. The van der Waals surface area contributed by atoms with Crippen LogP contribution in [0.1, 0.15) is 33.6 Å². The van der Waals surface area contributed by atoms with Crippen molar-refractivity contribution in [2.45, 2.75) is 51.8 Å². The second-order valence-electron chi connectivity index (χ2n) is 7.14. The van der Waals surface area contributed by atoms with E-state index >= 15 is 0 Å². The maximum atomic E-state index is 12.5. The minimum Gasteiger partial charge on any atom is -0.444 e. The number of fused-ring (bicyclic) bond motifs is 1. The first-order chi connectivity index (χ1) is 11.7. The number of ether oxygens (including phenoxy) is 1. The normalized spacial score (nSPS) is 18.1. The van der Waals surface area contributed by atoms with Crippen LogP contribution in [-0.2, 0) is 11.3 Å². The van der Waals surface area contributed by atoms with Crippen molar-refractivity contribution in [2.24, 2.45) is 0 Å². The number of amides is 1. The molecule has 1 aliphatic rings. The molecular weight excluding hydrogens is 457 g/mol. The average Bonchev–Trinajstić information content (AvgIpc) is 3.06. The molecule has 0 aliphatic carbocycles. The summed E-state index contributed by atoms with van der Waals surface area (Å²) in [5, 5.41) is 1.33. The van der Waals surface area contributed by atoms with Gasteiger partial charge < -0.3 is 19.9 Å². The Morgan fingerprint density at radius 2 is 2.20 bits per heavy atom. The average molecular weight is 478 g/mol. The Bertz CT molecular complexity index is 817. The van der Waals surface area contributed by atoms with Gasteiger partial charge in [-0.1, -0.05) is 11.6 Å². The number of hydrogen-bond donors (Lipinski definition) is 1. The molecule has 0 saturated carbocycles. The summed E-state index contributed by atoms with van der Waals surface area (Å²) >= 11 is 8.67. The second kappa shape index (κ2) is 6.79. The number of anilines is 1. The van der Waals surface area contributed by atoms with Crippen LogP contribution in [0.5, 0.6) is 0 Å². The molecule has 0 aromatic carbocycles. The number of nitrogens with zero attached hydrogens (tertiary/aromatic N) is 4. The lowest BCUT2D eigenvalue weighted by Gasteiger charge is -2.29. The van der Waals surface area contributed by atoms with Crippen LogP contribution in [0.15, 0.2) is 6.33 Å². The van der Waals surface area contributed by atoms with E-state index in [4.69, 9.17) is 22.1 Å². The molecule has 1 aliphatic heterocycles. The van der Waals surface area contributed by atoms with Crippen LogP contribution in [-0.4, -0.2) is 43.7 Å². The highest BCUT2D eigenvalue weighted by Crippen LogP contribution is 2.34. The smallest absolute Gasteiger partial charge is 0.410 e. The lowest BCUT2D eigenvalue weighted by Crippen LogP contribution is -2.41. The Hall–Kier alpha value is -1.29. The van der Waals surface area contributed by atoms with Gasteiger partial charge in [-0.25, -0.2) is 14.8 Å². The summed E-state index contributed by atoms with van der Waals surface area (Å²) in [6.07, 6.45) is 2.98. The molecule has 0 bridgehead atoms. The highest BCUT2D eigenvalue weighted by atomic mass is 127. The van der Waals surface area contributed by atoms with E-state index in [9.17, 15) is 4.79 Å². The number of nitrogen functional groups attached to an aromatic ring is 1. The van der Waals surface area contributed by atoms with E-state index in [2.05, 4.69) is 32.6 Å². The van der Waals surface area contributed by atoms with Crippen LogP contribution >= 0.6 is 34.2 Å². The summed E-state index contributed by atoms with van der Waals surface area (Å²) in [6, 6.07) is 0.00920. The topological polar surface area (TPSA) is 86.3 Å². The zero-order valence-corrected chi connectivity index (χ0v) is 17.3. The molecule has 136 valence electrons. The van der Waals surface area contributed by atoms with E-state index in [0.717, 1.165) is 21.8 Å². The first-order valence-electron chi connectivity index (χ1n) is 8.12. The minimum absolute atomic E-state index is 0.00920. The molecule has 0 radical (unpaired) electrons. The lowest BCUT2D eigenvalue weighted by atomic mass is 10.2. The Labute approximate surface area is 165 Å². The molecule has 2 aromatic rings. The highest BCUT2D eigenvalue weighted by Gasteiger charge is 2.33. The molecule has 25 heavy (non-hydrogen) atoms. The van der Waals surface area contributed by atoms with Crippen molar-refractivity contribution in [3.05, 3.63) is 15.1 Å². The number of aromatic nitrogens is 3. The summed E-state index contributed by atoms with van der Waals surface area (Å²) in [4.78, 5) is 22.7. The van der Waals surface area contributed by atoms with Gasteiger partial charge in [0.15, 0.2) is 0 Å². The van der Waals surface area contributed by atoms with Crippen LogP contribution in [0.4, 0.5) is 10.6 Å². The van der Waals surface area contributed by atoms with E-state index in [-0.39, 0.29) is 12.1 Å². The molecule has 3 heterocycles. The molecule has 9 heteroatoms. The van der Waals surface area contributed by atoms with Gasteiger partial charge in [0.2, 0.25) is 0 Å². The molecule has 2 aromatic heterocycles. The predicted molar refractivity (Wildman–Crippen MR) is 106 cm³/mol. The fourth-order valence-electron chi connectivity index (χ4n) is 3.08. The van der Waals surface area contributed by atoms with Gasteiger partial charge in [0.1, 0.15) is 28.5 Å². The summed E-state index contributed by atoms with van der Waals surface area (Å²) < 4.78 is 8.26. The lowest BCUT2D eigenvalue weighted by molar-refractivity contribution is 0.0215. The fourth-order valence-corrected chi connectivity index (χ4v) is 4.14. The minimum atomic E-state index is -0.515. The monoisotopic (exact) mass is 477 g/mol. The largest absolute Gasteiger partial charge is 0.444 e. The molecule has 1 amide bonds. The number of nitrogens with two attached hydrogens (primary N) is 1. The molecule has 2 N–H and O–H groups in total. The van der Waals surface area contributed by atoms with Gasteiger partial charge >= 0.3 is 6.09 Å². The van der Waals surface area contributed by atoms with Crippen LogP contribution in [0.25, 0.3) is 11.0 Å². The summed E-state index contributed by atoms with van der Waals surface area (Å²) in [5.74, 6) is 0.408. The van der Waals surface area contributed by atoms with E-state index in [1.807, 2.05) is 25.3 Å². The van der Waals surface area contributed by atoms with Crippen LogP contribution in [0.2, 0.25) is 5.15 Å². The molecule has 1 atom stereocenters. The number of hydrogen-bond acceptors (Lipinski definition) is 5. The Kier molecular flexibility index (Phi) is 5.02. The first kappa shape index (κ1) is 18.5. The Morgan fingerprint density at radius 1 is 1.48 bits per heavy atom. The van der Waals surface area contributed by atoms with Crippen molar-refractivity contribution in [3.8, 4) is 0 Å². The van der Waals surface area contributed by atoms with Gasteiger partial charge in [-0.2, -0.15) is 0 Å². The summed E-state index contributed by atoms with van der Waals surface area (Å²) in [7, 11) is 0. The first-order valence-corrected chi connectivity index (χ1v) is 9.58. The number of likely N-dealkylation sites (tertiary alicyclic amines) is 1. The fraction of sp³-hybridized carbons (Fsp3) is 0.562. The predicted octanol–water partition coefficient (Wildman–Crippen LogP) is 3.67. The molecule has 0 spiro atoms. The van der Waals surface area contributed by atoms with Gasteiger partial charge in [-0.05, 0) is 56.2 Å². The number of halogens is 2. The van der Waals surface area contributed by atoms with E-state index in [1.165, 1.54) is 6.33 Å². The van der Waals surface area contributed by atoms with Crippen molar-refractivity contribution in [3.63, 3.8) is 0 Å². The van der Waals surface area contributed by atoms with Crippen LogP contribution in [0.3, 0.4) is 0 Å². The van der Waals surface area contributed by atoms with E-state index < -0.39 is 5.60 Å². The van der Waals surface area contributed by atoms with Gasteiger partial charge in [-0.15, -0.1) is 0 Å². The zero-order chi connectivity index (χ0) is 18.4. The third kappa shape index (κ3) is 3.64. The van der Waals surface area contributed by atoms with Crippen molar-refractivity contribution in [2.75, 3.05) is 12.3 Å². The Balaban J connectivity index is 1.89. The number of carbonyl (C=O) groups is 1. The zero-order valence-electron chi connectivity index (χ0n) is 14.4. The molecule has 3 rings (SSSR count). The molecular formula is C16H21ClIN5O2. The van der Waals surface area contributed by atoms with Crippen LogP contribution < -0.4 is 5.73 Å². The third-order valence-corrected chi connectivity index (χ3v) is 5.91. The standard InChI is InChI=1S/C16H21ClIN5O2/c1-16(2,3)25-15(24)22-6-4-5-9(22)7-23-12(17)11(18)10-13(19)20-8-21-14(10)23/h8-9H,4-7H2,1-3H3,(H2,19,20,21)/t9-/m1/s1. The number of carbonyl (C=O) groups excluding carboxylic acids is 1. The van der Waals surface area contributed by atoms with Crippen molar-refractivity contribution in [1.29, 1.82) is 0 Å². The molecule has 7 nitrogen and oxygen atoms in total. The van der Waals surface area contributed by atoms with Crippen molar-refractivity contribution in [1.82, 2.24) is 19.4 Å². The van der Waals surface area contributed by atoms with Crippen molar-refractivity contribution < 1.29 is 9.53 Å². The highest BCUT2D eigenvalue weighted by molar-refractivity contribution is 14.1. The maximum Gasteiger partial charge on any atom is 0.410 e. The summed E-state index contributed by atoms with van der Waals surface area (Å²) in [5.41, 5.74) is 6.16. The van der Waals surface area contributed by atoms with Gasteiger partial charge in [0.25, 0.3) is 0 Å². The van der Waals surface area contributed by atoms with E-state index in [0.29, 0.717) is 29.7 Å². The quantitative estimate of drug-likeness (QED) is 0.667. The molecule has 1 saturated heterocycles. The third-order valence-electron chi connectivity index (χ3n) is 4.15. The number of rotatable bonds is 2. The van der Waals surface area contributed by atoms with Gasteiger partial charge in [0.05, 0.1) is 15.0 Å². The van der Waals surface area contributed by atoms with Crippen LogP contribution in [0, 0.1) is 3.57 Å². The maximum absolute atomic E-state index is 12.5. The van der Waals surface area contributed by atoms with Gasteiger partial charge in [-0.3, -0.25) is 0 Å². The van der Waals surface area contributed by atoms with Gasteiger partial charge in [0, 0.05) is 13.1 Å². The molecule has 1 fully saturated rings. The van der Waals surface area contributed by atoms with E-state index in [1.54, 1.807) is 4.90 Å². The Morgan fingerprint density at radius 3 is 2.88 bits per heavy atom. The molecule has 0 unspecified atom stereocenters. The second-order valence-corrected chi connectivity index (χ2v) is 8.58. The van der Waals surface area contributed by atoms with Crippen molar-refractivity contribution >= 4 is 57.1 Å². The summed E-state index contributed by atoms with van der Waals surface area (Å²) in [6.45, 7) is 6.84.